The highest BCUT2D eigenvalue weighted by molar-refractivity contribution is 5.42. The van der Waals surface area contributed by atoms with Gasteiger partial charge in [-0.3, -0.25) is 4.90 Å². The topological polar surface area (TPSA) is 41.5 Å². The van der Waals surface area contributed by atoms with Crippen LogP contribution < -0.4 is 4.90 Å². The predicted octanol–water partition coefficient (Wildman–Crippen LogP) is 2.46. The Balaban J connectivity index is 1.48. The van der Waals surface area contributed by atoms with Gasteiger partial charge in [0, 0.05) is 37.7 Å². The van der Waals surface area contributed by atoms with E-state index in [2.05, 4.69) is 59.9 Å². The molecular formula is C18H30N4O. The second-order valence-electron chi connectivity index (χ2n) is 8.01. The van der Waals surface area contributed by atoms with Crippen molar-refractivity contribution < 1.29 is 4.74 Å². The number of aromatic nitrogens is 2. The highest BCUT2D eigenvalue weighted by Gasteiger charge is 2.32. The second kappa shape index (κ2) is 6.73. The lowest BCUT2D eigenvalue weighted by atomic mass is 9.92. The molecule has 0 amide bonds. The maximum atomic E-state index is 5.85. The zero-order chi connectivity index (χ0) is 16.4. The summed E-state index contributed by atoms with van der Waals surface area (Å²) in [6, 6.07) is 4.81. The number of hydrogen-bond donors (Lipinski definition) is 0. The summed E-state index contributed by atoms with van der Waals surface area (Å²) >= 11 is 0. The molecule has 1 unspecified atom stereocenters. The molecular weight excluding hydrogens is 288 g/mol. The predicted molar refractivity (Wildman–Crippen MR) is 93.0 cm³/mol. The lowest BCUT2D eigenvalue weighted by Gasteiger charge is -2.45. The summed E-state index contributed by atoms with van der Waals surface area (Å²) in [6.07, 6.45) is 4.17. The zero-order valence-electron chi connectivity index (χ0n) is 15.0. The molecule has 1 atom stereocenters. The van der Waals surface area contributed by atoms with Gasteiger partial charge in [0.25, 0.3) is 0 Å². The van der Waals surface area contributed by atoms with E-state index in [9.17, 15) is 0 Å². The van der Waals surface area contributed by atoms with Crippen molar-refractivity contribution in [2.24, 2.45) is 0 Å². The molecule has 1 aromatic heterocycles. The fraction of sp³-hybridized carbons (Fsp3) is 0.778. The Bertz CT molecular complexity index is 499. The normalized spacial score (nSPS) is 23.2. The summed E-state index contributed by atoms with van der Waals surface area (Å²) in [5.41, 5.74) is 1.10. The third-order valence-electron chi connectivity index (χ3n) is 4.99. The van der Waals surface area contributed by atoms with Crippen LogP contribution in [0, 0.1) is 0 Å². The lowest BCUT2D eigenvalue weighted by molar-refractivity contribution is -0.0102. The van der Waals surface area contributed by atoms with Gasteiger partial charge in [0.1, 0.15) is 0 Å². The van der Waals surface area contributed by atoms with E-state index in [0.717, 1.165) is 37.8 Å². The first-order chi connectivity index (χ1) is 10.9. The Kier molecular flexibility index (Phi) is 4.87. The van der Waals surface area contributed by atoms with Crippen molar-refractivity contribution in [2.45, 2.75) is 57.6 Å². The van der Waals surface area contributed by atoms with Gasteiger partial charge in [0.05, 0.1) is 11.8 Å². The van der Waals surface area contributed by atoms with Crippen LogP contribution in [0.25, 0.3) is 0 Å². The Labute approximate surface area is 140 Å². The van der Waals surface area contributed by atoms with Gasteiger partial charge in [-0.05, 0) is 38.4 Å². The number of anilines is 1. The largest absolute Gasteiger partial charge is 0.377 e. The van der Waals surface area contributed by atoms with Crippen LogP contribution in [0.4, 0.5) is 5.82 Å². The lowest BCUT2D eigenvalue weighted by Crippen LogP contribution is -2.60. The fourth-order valence-corrected chi connectivity index (χ4v) is 3.24. The summed E-state index contributed by atoms with van der Waals surface area (Å²) in [7, 11) is 2.22. The van der Waals surface area contributed by atoms with E-state index in [1.54, 1.807) is 0 Å². The molecule has 128 valence electrons. The molecule has 0 radical (unpaired) electrons. The Morgan fingerprint density at radius 3 is 2.57 bits per heavy atom. The summed E-state index contributed by atoms with van der Waals surface area (Å²) < 4.78 is 5.85. The highest BCUT2D eigenvalue weighted by Crippen LogP contribution is 2.25. The van der Waals surface area contributed by atoms with Crippen LogP contribution in [0.3, 0.4) is 0 Å². The molecule has 5 nitrogen and oxygen atoms in total. The van der Waals surface area contributed by atoms with Crippen molar-refractivity contribution in [2.75, 3.05) is 38.2 Å². The van der Waals surface area contributed by atoms with Crippen LogP contribution in [-0.2, 0) is 10.2 Å². The number of ether oxygens (including phenoxy) is 1. The van der Waals surface area contributed by atoms with Gasteiger partial charge < -0.3 is 9.64 Å². The molecule has 0 saturated carbocycles. The molecule has 0 bridgehead atoms. The fourth-order valence-electron chi connectivity index (χ4n) is 3.24. The number of nitrogens with zero attached hydrogens (tertiary/aromatic N) is 4. The first-order valence-corrected chi connectivity index (χ1v) is 8.84. The molecule has 2 saturated heterocycles. The van der Waals surface area contributed by atoms with Crippen LogP contribution in [0.2, 0.25) is 0 Å². The molecule has 5 heteroatoms. The molecule has 0 aromatic carbocycles. The van der Waals surface area contributed by atoms with E-state index >= 15 is 0 Å². The average Bonchev–Trinajstić information content (AvgIpc) is 2.46. The standard InChI is InChI=1S/C18H30N4O/c1-18(2,3)16-8-9-17(20-19-16)22-11-14(12-22)21(4)13-15-7-5-6-10-23-15/h8-9,14-15H,5-7,10-13H2,1-4H3. The Morgan fingerprint density at radius 1 is 1.22 bits per heavy atom. The van der Waals surface area contributed by atoms with Gasteiger partial charge in [0.15, 0.2) is 5.82 Å². The molecule has 0 aliphatic carbocycles. The van der Waals surface area contributed by atoms with Crippen LogP contribution in [-0.4, -0.2) is 60.5 Å². The van der Waals surface area contributed by atoms with Crippen molar-refractivity contribution in [1.29, 1.82) is 0 Å². The van der Waals surface area contributed by atoms with Gasteiger partial charge in [-0.25, -0.2) is 0 Å². The highest BCUT2D eigenvalue weighted by atomic mass is 16.5. The Hall–Kier alpha value is -1.20. The number of hydrogen-bond acceptors (Lipinski definition) is 5. The van der Waals surface area contributed by atoms with Crippen molar-refractivity contribution in [3.8, 4) is 0 Å². The third-order valence-corrected chi connectivity index (χ3v) is 4.99. The van der Waals surface area contributed by atoms with Gasteiger partial charge in [-0.1, -0.05) is 20.8 Å². The SMILES string of the molecule is CN(CC1CCCCO1)C1CN(c2ccc(C(C)(C)C)nn2)C1. The van der Waals surface area contributed by atoms with E-state index in [0.29, 0.717) is 12.1 Å². The molecule has 3 rings (SSSR count). The second-order valence-corrected chi connectivity index (χ2v) is 8.01. The monoisotopic (exact) mass is 318 g/mol. The number of likely N-dealkylation sites (N-methyl/N-ethyl adjacent to an activating group) is 1. The number of rotatable bonds is 4. The minimum absolute atomic E-state index is 0.0588. The average molecular weight is 318 g/mol. The quantitative estimate of drug-likeness (QED) is 0.853. The minimum Gasteiger partial charge on any atom is -0.377 e. The van der Waals surface area contributed by atoms with E-state index in [1.165, 1.54) is 19.3 Å². The van der Waals surface area contributed by atoms with Gasteiger partial charge in [0.2, 0.25) is 0 Å². The first-order valence-electron chi connectivity index (χ1n) is 8.84. The molecule has 0 spiro atoms. The molecule has 2 fully saturated rings. The van der Waals surface area contributed by atoms with Crippen molar-refractivity contribution >= 4 is 5.82 Å². The van der Waals surface area contributed by atoms with Crippen molar-refractivity contribution in [1.82, 2.24) is 15.1 Å². The maximum Gasteiger partial charge on any atom is 0.151 e. The minimum atomic E-state index is 0.0588. The molecule has 23 heavy (non-hydrogen) atoms. The summed E-state index contributed by atoms with van der Waals surface area (Å²) in [5.74, 6) is 0.997. The maximum absolute atomic E-state index is 5.85. The third kappa shape index (κ3) is 4.01. The molecule has 2 aliphatic rings. The molecule has 3 heterocycles. The summed E-state index contributed by atoms with van der Waals surface area (Å²) in [6.45, 7) is 10.5. The molecule has 1 aromatic rings. The summed E-state index contributed by atoms with van der Waals surface area (Å²) in [5, 5.41) is 8.80. The van der Waals surface area contributed by atoms with E-state index in [-0.39, 0.29) is 5.41 Å². The van der Waals surface area contributed by atoms with Gasteiger partial charge in [-0.15, -0.1) is 5.10 Å². The summed E-state index contributed by atoms with van der Waals surface area (Å²) in [4.78, 5) is 4.76. The van der Waals surface area contributed by atoms with Gasteiger partial charge >= 0.3 is 0 Å². The van der Waals surface area contributed by atoms with Crippen molar-refractivity contribution in [3.63, 3.8) is 0 Å². The van der Waals surface area contributed by atoms with E-state index < -0.39 is 0 Å². The van der Waals surface area contributed by atoms with Crippen molar-refractivity contribution in [3.05, 3.63) is 17.8 Å². The van der Waals surface area contributed by atoms with Crippen LogP contribution in [0.1, 0.15) is 45.7 Å². The van der Waals surface area contributed by atoms with E-state index in [1.807, 2.05) is 0 Å². The molecule has 0 N–H and O–H groups in total. The smallest absolute Gasteiger partial charge is 0.151 e. The van der Waals surface area contributed by atoms with Crippen LogP contribution in [0.5, 0.6) is 0 Å². The Morgan fingerprint density at radius 2 is 2.00 bits per heavy atom. The van der Waals surface area contributed by atoms with E-state index in [4.69, 9.17) is 4.74 Å². The van der Waals surface area contributed by atoms with Crippen LogP contribution >= 0.6 is 0 Å². The van der Waals surface area contributed by atoms with Crippen LogP contribution in [0.15, 0.2) is 12.1 Å². The zero-order valence-corrected chi connectivity index (χ0v) is 15.0. The molecule has 2 aliphatic heterocycles. The first kappa shape index (κ1) is 16.7. The van der Waals surface area contributed by atoms with Gasteiger partial charge in [-0.2, -0.15) is 5.10 Å².